The highest BCUT2D eigenvalue weighted by atomic mass is 19.4. The van der Waals surface area contributed by atoms with E-state index in [1.807, 2.05) is 42.5 Å². The van der Waals surface area contributed by atoms with Gasteiger partial charge in [-0.3, -0.25) is 14.7 Å². The van der Waals surface area contributed by atoms with E-state index in [-0.39, 0.29) is 0 Å². The van der Waals surface area contributed by atoms with Crippen LogP contribution in [0, 0.1) is 0 Å². The summed E-state index contributed by atoms with van der Waals surface area (Å²) < 4.78 is 42.9. The number of pyridine rings is 2. The quantitative estimate of drug-likeness (QED) is 0.390. The summed E-state index contributed by atoms with van der Waals surface area (Å²) in [5, 5.41) is 0. The number of aromatic amines is 1. The fourth-order valence-electron chi connectivity index (χ4n) is 4.68. The van der Waals surface area contributed by atoms with Crippen LogP contribution in [0.2, 0.25) is 0 Å². The number of imidazole rings is 1. The van der Waals surface area contributed by atoms with Crippen molar-refractivity contribution in [1.29, 1.82) is 0 Å². The van der Waals surface area contributed by atoms with Crippen molar-refractivity contribution in [2.24, 2.45) is 0 Å². The Morgan fingerprint density at radius 1 is 1.05 bits per heavy atom. The van der Waals surface area contributed by atoms with Crippen LogP contribution in [-0.2, 0) is 17.8 Å². The summed E-state index contributed by atoms with van der Waals surface area (Å²) in [6.45, 7) is 2.26. The molecular formula is C27H27F3N6O2. The van der Waals surface area contributed by atoms with E-state index in [9.17, 15) is 18.0 Å². The molecule has 0 unspecified atom stereocenters. The monoisotopic (exact) mass is 524 g/mol. The second-order valence-electron chi connectivity index (χ2n) is 9.26. The summed E-state index contributed by atoms with van der Waals surface area (Å²) in [4.78, 5) is 32.1. The van der Waals surface area contributed by atoms with Crippen molar-refractivity contribution in [3.63, 3.8) is 0 Å². The number of benzene rings is 1. The Bertz CT molecular complexity index is 1430. The van der Waals surface area contributed by atoms with Crippen LogP contribution < -0.4 is 4.74 Å². The highest BCUT2D eigenvalue weighted by Gasteiger charge is 2.34. The lowest BCUT2D eigenvalue weighted by molar-refractivity contribution is -0.162. The maximum Gasteiger partial charge on any atom is 0.397 e. The number of hydrogen-bond donors (Lipinski definition) is 1. The molecule has 38 heavy (non-hydrogen) atoms. The minimum Gasteiger partial charge on any atom is -0.481 e. The van der Waals surface area contributed by atoms with Gasteiger partial charge in [-0.15, -0.1) is 0 Å². The zero-order valence-corrected chi connectivity index (χ0v) is 20.8. The summed E-state index contributed by atoms with van der Waals surface area (Å²) in [6.07, 6.45) is -1.91. The second kappa shape index (κ2) is 10.8. The van der Waals surface area contributed by atoms with Crippen LogP contribution in [0.5, 0.6) is 5.88 Å². The molecule has 0 spiro atoms. The first-order chi connectivity index (χ1) is 18.3. The molecule has 1 aliphatic heterocycles. The molecule has 1 fully saturated rings. The van der Waals surface area contributed by atoms with E-state index in [2.05, 4.69) is 19.9 Å². The molecule has 1 amide bonds. The largest absolute Gasteiger partial charge is 0.481 e. The zero-order valence-electron chi connectivity index (χ0n) is 20.8. The lowest BCUT2D eigenvalue weighted by atomic mass is 10.1. The molecule has 11 heteroatoms. The van der Waals surface area contributed by atoms with Crippen molar-refractivity contribution in [3.8, 4) is 17.0 Å². The van der Waals surface area contributed by atoms with Crippen LogP contribution in [0.15, 0.2) is 54.9 Å². The van der Waals surface area contributed by atoms with Crippen molar-refractivity contribution in [2.45, 2.75) is 25.6 Å². The van der Waals surface area contributed by atoms with Gasteiger partial charge in [-0.2, -0.15) is 13.2 Å². The van der Waals surface area contributed by atoms with E-state index in [4.69, 9.17) is 9.72 Å². The van der Waals surface area contributed by atoms with Crippen LogP contribution in [0.25, 0.3) is 22.2 Å². The molecule has 8 nitrogen and oxygen atoms in total. The van der Waals surface area contributed by atoms with Gasteiger partial charge in [0.1, 0.15) is 12.2 Å². The molecule has 3 aromatic heterocycles. The first-order valence-corrected chi connectivity index (χ1v) is 12.3. The fraction of sp³-hybridized carbons (Fsp3) is 0.333. The first kappa shape index (κ1) is 25.7. The second-order valence-corrected chi connectivity index (χ2v) is 9.26. The number of carbonyl (C=O) groups is 1. The molecule has 0 bridgehead atoms. The molecular weight excluding hydrogens is 497 g/mol. The number of piperazine rings is 1. The van der Waals surface area contributed by atoms with Gasteiger partial charge in [-0.05, 0) is 47.5 Å². The van der Waals surface area contributed by atoms with Crippen molar-refractivity contribution < 1.29 is 22.7 Å². The van der Waals surface area contributed by atoms with E-state index in [0.717, 1.165) is 39.2 Å². The number of halogens is 3. The van der Waals surface area contributed by atoms with Crippen LogP contribution in [0.4, 0.5) is 13.2 Å². The standard InChI is InChI=1S/C27H27F3N6O2/c1-38-26-21(3-2-7-32-26)19-4-5-22-23(14-19)34-24(33-22)15-20-13-18(6-8-31-20)17-35-9-11-36(12-10-35)25(37)16-27(28,29)30/h2-8,13-14H,9-12,15-17H2,1H3,(H,33,34). The van der Waals surface area contributed by atoms with Gasteiger partial charge in [0.2, 0.25) is 11.8 Å². The predicted octanol–water partition coefficient (Wildman–Crippen LogP) is 4.22. The molecule has 0 aliphatic carbocycles. The summed E-state index contributed by atoms with van der Waals surface area (Å²) in [5.41, 5.74) is 5.52. The van der Waals surface area contributed by atoms with Crippen molar-refractivity contribution in [3.05, 3.63) is 71.9 Å². The van der Waals surface area contributed by atoms with Gasteiger partial charge < -0.3 is 14.6 Å². The van der Waals surface area contributed by atoms with Gasteiger partial charge in [0.15, 0.2) is 0 Å². The predicted molar refractivity (Wildman–Crippen MR) is 135 cm³/mol. The Balaban J connectivity index is 1.22. The average molecular weight is 525 g/mol. The Morgan fingerprint density at radius 2 is 1.87 bits per heavy atom. The van der Waals surface area contributed by atoms with Crippen molar-refractivity contribution >= 4 is 16.9 Å². The van der Waals surface area contributed by atoms with Crippen molar-refractivity contribution in [2.75, 3.05) is 33.3 Å². The average Bonchev–Trinajstić information content (AvgIpc) is 3.29. The Kier molecular flexibility index (Phi) is 7.28. The molecule has 5 rings (SSSR count). The van der Waals surface area contributed by atoms with Crippen LogP contribution in [-0.4, -0.2) is 75.1 Å². The summed E-state index contributed by atoms with van der Waals surface area (Å²) >= 11 is 0. The molecule has 198 valence electrons. The topological polar surface area (TPSA) is 87.2 Å². The minimum absolute atomic E-state index is 0.290. The number of hydrogen-bond acceptors (Lipinski definition) is 6. The Hall–Kier alpha value is -3.99. The number of nitrogens with one attached hydrogen (secondary N) is 1. The first-order valence-electron chi connectivity index (χ1n) is 12.3. The van der Waals surface area contributed by atoms with Crippen LogP contribution in [0.3, 0.4) is 0 Å². The van der Waals surface area contributed by atoms with E-state index < -0.39 is 18.5 Å². The molecule has 1 N–H and O–H groups in total. The van der Waals surface area contributed by atoms with Gasteiger partial charge >= 0.3 is 6.18 Å². The molecule has 4 aromatic rings. The molecule has 0 saturated carbocycles. The third kappa shape index (κ3) is 6.10. The number of methoxy groups -OCH3 is 1. The number of H-pyrrole nitrogens is 1. The summed E-state index contributed by atoms with van der Waals surface area (Å²) in [5.74, 6) is 0.486. The maximum atomic E-state index is 12.5. The minimum atomic E-state index is -4.48. The van der Waals surface area contributed by atoms with Crippen LogP contribution in [0.1, 0.15) is 23.5 Å². The third-order valence-electron chi connectivity index (χ3n) is 6.52. The fourth-order valence-corrected chi connectivity index (χ4v) is 4.68. The van der Waals surface area contributed by atoms with E-state index in [1.165, 1.54) is 4.90 Å². The van der Waals surface area contributed by atoms with Crippen molar-refractivity contribution in [1.82, 2.24) is 29.7 Å². The SMILES string of the molecule is COc1ncccc1-c1ccc2nc(Cc3cc(CN4CCN(C(=O)CC(F)(F)F)CC4)ccn3)[nH]c2c1. The molecule has 0 radical (unpaired) electrons. The summed E-state index contributed by atoms with van der Waals surface area (Å²) in [7, 11) is 1.60. The lowest BCUT2D eigenvalue weighted by Gasteiger charge is -2.35. The smallest absolute Gasteiger partial charge is 0.397 e. The van der Waals surface area contributed by atoms with E-state index in [1.54, 1.807) is 19.5 Å². The molecule has 4 heterocycles. The third-order valence-corrected chi connectivity index (χ3v) is 6.52. The number of alkyl halides is 3. The van der Waals surface area contributed by atoms with Gasteiger partial charge in [0.25, 0.3) is 0 Å². The molecule has 1 aromatic carbocycles. The zero-order chi connectivity index (χ0) is 26.7. The van der Waals surface area contributed by atoms with Gasteiger partial charge in [0.05, 0.1) is 18.1 Å². The number of nitrogens with zero attached hydrogens (tertiary/aromatic N) is 5. The number of carbonyl (C=O) groups excluding carboxylic acids is 1. The molecule has 0 atom stereocenters. The van der Waals surface area contributed by atoms with Crippen LogP contribution >= 0.6 is 0 Å². The number of fused-ring (bicyclic) bond motifs is 1. The Labute approximate surface area is 217 Å². The highest BCUT2D eigenvalue weighted by Crippen LogP contribution is 2.29. The number of amides is 1. The molecule has 1 aliphatic rings. The molecule has 1 saturated heterocycles. The maximum absolute atomic E-state index is 12.5. The van der Waals surface area contributed by atoms with Gasteiger partial charge in [-0.25, -0.2) is 9.97 Å². The Morgan fingerprint density at radius 3 is 2.63 bits per heavy atom. The van der Waals surface area contributed by atoms with Gasteiger partial charge in [-0.1, -0.05) is 6.07 Å². The number of rotatable bonds is 7. The van der Waals surface area contributed by atoms with Gasteiger partial charge in [0, 0.05) is 62.8 Å². The number of aromatic nitrogens is 4. The lowest BCUT2D eigenvalue weighted by Crippen LogP contribution is -2.49. The van der Waals surface area contributed by atoms with E-state index >= 15 is 0 Å². The summed E-state index contributed by atoms with van der Waals surface area (Å²) in [6, 6.07) is 13.7. The normalized spacial score (nSPS) is 14.7. The highest BCUT2D eigenvalue weighted by molar-refractivity contribution is 5.83. The number of ether oxygens (including phenoxy) is 1. The van der Waals surface area contributed by atoms with E-state index in [0.29, 0.717) is 45.0 Å².